The second-order valence-corrected chi connectivity index (χ2v) is 5.87. The number of nitrogens with one attached hydrogen (secondary N) is 2. The Morgan fingerprint density at radius 1 is 1.14 bits per heavy atom. The average molecular weight is 337 g/mol. The molecule has 0 aliphatic rings. The number of hydrogen-bond acceptors (Lipinski definition) is 2. The molecule has 0 heterocycles. The second-order valence-electron chi connectivity index (χ2n) is 5.03. The highest BCUT2D eigenvalue weighted by Crippen LogP contribution is 2.25. The van der Waals surface area contributed by atoms with E-state index in [-0.39, 0.29) is 11.9 Å². The van der Waals surface area contributed by atoms with Gasteiger partial charge in [0.1, 0.15) is 6.04 Å². The zero-order chi connectivity index (χ0) is 16.1. The summed E-state index contributed by atoms with van der Waals surface area (Å²) in [6, 6.07) is 12.6. The second kappa shape index (κ2) is 7.52. The summed E-state index contributed by atoms with van der Waals surface area (Å²) in [4.78, 5) is 12.2. The lowest BCUT2D eigenvalue weighted by molar-refractivity contribution is -0.116. The van der Waals surface area contributed by atoms with Gasteiger partial charge in [-0.15, -0.1) is 0 Å². The maximum Gasteiger partial charge on any atom is 0.246 e. The summed E-state index contributed by atoms with van der Waals surface area (Å²) in [5, 5.41) is 6.90. The Hall–Kier alpha value is -1.71. The fourth-order valence-corrected chi connectivity index (χ4v) is 2.44. The molecule has 0 aliphatic heterocycles. The van der Waals surface area contributed by atoms with Crippen LogP contribution in [0.2, 0.25) is 10.0 Å². The van der Waals surface area contributed by atoms with Crippen LogP contribution in [0.1, 0.15) is 19.4 Å². The number of anilines is 2. The molecule has 0 fully saturated rings. The van der Waals surface area contributed by atoms with Crippen molar-refractivity contribution in [1.82, 2.24) is 0 Å². The van der Waals surface area contributed by atoms with Crippen LogP contribution in [0.5, 0.6) is 0 Å². The molecule has 2 aromatic rings. The van der Waals surface area contributed by atoms with Gasteiger partial charge >= 0.3 is 0 Å². The molecule has 0 radical (unpaired) electrons. The maximum atomic E-state index is 12.2. The van der Waals surface area contributed by atoms with E-state index in [9.17, 15) is 4.79 Å². The van der Waals surface area contributed by atoms with Crippen LogP contribution in [0.4, 0.5) is 11.4 Å². The summed E-state index contributed by atoms with van der Waals surface area (Å²) >= 11 is 11.9. The van der Waals surface area contributed by atoms with Crippen LogP contribution in [-0.4, -0.2) is 11.9 Å². The lowest BCUT2D eigenvalue weighted by atomic mass is 10.1. The van der Waals surface area contributed by atoms with E-state index in [0.29, 0.717) is 15.7 Å². The summed E-state index contributed by atoms with van der Waals surface area (Å²) < 4.78 is 0. The van der Waals surface area contributed by atoms with E-state index in [1.165, 1.54) is 5.56 Å². The van der Waals surface area contributed by atoms with Crippen molar-refractivity contribution in [3.8, 4) is 0 Å². The Balaban J connectivity index is 1.99. The van der Waals surface area contributed by atoms with Crippen molar-refractivity contribution < 1.29 is 4.79 Å². The van der Waals surface area contributed by atoms with E-state index in [2.05, 4.69) is 17.6 Å². The van der Waals surface area contributed by atoms with Gasteiger partial charge < -0.3 is 10.6 Å². The van der Waals surface area contributed by atoms with Crippen LogP contribution in [0.3, 0.4) is 0 Å². The van der Waals surface area contributed by atoms with Crippen molar-refractivity contribution in [2.45, 2.75) is 26.3 Å². The molecular formula is C17H18Cl2N2O. The zero-order valence-corrected chi connectivity index (χ0v) is 14.0. The molecule has 3 nitrogen and oxygen atoms in total. The molecule has 116 valence electrons. The van der Waals surface area contributed by atoms with Crippen LogP contribution >= 0.6 is 23.2 Å². The van der Waals surface area contributed by atoms with Gasteiger partial charge in [0.05, 0.1) is 10.7 Å². The van der Waals surface area contributed by atoms with E-state index in [0.717, 1.165) is 12.1 Å². The summed E-state index contributed by atoms with van der Waals surface area (Å²) in [7, 11) is 0. The van der Waals surface area contributed by atoms with Gasteiger partial charge in [0, 0.05) is 10.7 Å². The number of amides is 1. The minimum atomic E-state index is -0.390. The van der Waals surface area contributed by atoms with Crippen molar-refractivity contribution in [3.63, 3.8) is 0 Å². The van der Waals surface area contributed by atoms with Crippen LogP contribution < -0.4 is 10.6 Å². The third-order valence-electron chi connectivity index (χ3n) is 3.33. The topological polar surface area (TPSA) is 41.1 Å². The summed E-state index contributed by atoms with van der Waals surface area (Å²) in [6.45, 7) is 3.90. The molecule has 1 amide bonds. The van der Waals surface area contributed by atoms with Crippen molar-refractivity contribution in [2.24, 2.45) is 0 Å². The Labute approximate surface area is 140 Å². The van der Waals surface area contributed by atoms with Crippen LogP contribution in [0.25, 0.3) is 0 Å². The molecule has 2 N–H and O–H groups in total. The van der Waals surface area contributed by atoms with Crippen molar-refractivity contribution in [2.75, 3.05) is 10.6 Å². The quantitative estimate of drug-likeness (QED) is 0.806. The molecule has 0 aromatic heterocycles. The van der Waals surface area contributed by atoms with Gasteiger partial charge in [-0.3, -0.25) is 4.79 Å². The van der Waals surface area contributed by atoms with Gasteiger partial charge in [-0.25, -0.2) is 0 Å². The van der Waals surface area contributed by atoms with E-state index in [1.807, 2.05) is 24.3 Å². The summed E-state index contributed by atoms with van der Waals surface area (Å²) in [5.41, 5.74) is 2.71. The van der Waals surface area contributed by atoms with Gasteiger partial charge in [-0.2, -0.15) is 0 Å². The molecule has 0 spiro atoms. The van der Waals surface area contributed by atoms with E-state index >= 15 is 0 Å². The number of rotatable bonds is 5. The first-order valence-corrected chi connectivity index (χ1v) is 7.86. The Morgan fingerprint density at radius 3 is 2.41 bits per heavy atom. The third-order valence-corrected chi connectivity index (χ3v) is 3.88. The Kier molecular flexibility index (Phi) is 5.69. The molecule has 2 rings (SSSR count). The predicted molar refractivity (Wildman–Crippen MR) is 94.0 cm³/mol. The molecule has 0 unspecified atom stereocenters. The minimum Gasteiger partial charge on any atom is -0.374 e. The smallest absolute Gasteiger partial charge is 0.246 e. The average Bonchev–Trinajstić information content (AvgIpc) is 2.50. The zero-order valence-electron chi connectivity index (χ0n) is 12.5. The van der Waals surface area contributed by atoms with Gasteiger partial charge in [0.25, 0.3) is 0 Å². The van der Waals surface area contributed by atoms with Crippen LogP contribution in [0.15, 0.2) is 42.5 Å². The maximum absolute atomic E-state index is 12.2. The van der Waals surface area contributed by atoms with Crippen LogP contribution in [0, 0.1) is 0 Å². The van der Waals surface area contributed by atoms with Gasteiger partial charge in [0.15, 0.2) is 0 Å². The van der Waals surface area contributed by atoms with Crippen molar-refractivity contribution >= 4 is 40.5 Å². The number of benzene rings is 2. The monoisotopic (exact) mass is 336 g/mol. The predicted octanol–water partition coefficient (Wildman–Crippen LogP) is 4.99. The molecular weight excluding hydrogens is 319 g/mol. The van der Waals surface area contributed by atoms with E-state index < -0.39 is 0 Å². The number of halogens is 2. The normalized spacial score (nSPS) is 11.8. The highest BCUT2D eigenvalue weighted by molar-refractivity contribution is 6.36. The standard InChI is InChI=1S/C17H18Cl2N2O/c1-3-12-4-7-14(8-5-12)20-11(2)17(22)21-16-9-6-13(18)10-15(16)19/h4-11,20H,3H2,1-2H3,(H,21,22)/t11-/m0/s1. The first kappa shape index (κ1) is 16.7. The SMILES string of the molecule is CCc1ccc(N[C@@H](C)C(=O)Nc2ccc(Cl)cc2Cl)cc1. The van der Waals surface area contributed by atoms with E-state index in [1.54, 1.807) is 25.1 Å². The first-order valence-electron chi connectivity index (χ1n) is 7.11. The highest BCUT2D eigenvalue weighted by atomic mass is 35.5. The molecule has 5 heteroatoms. The van der Waals surface area contributed by atoms with Crippen LogP contribution in [-0.2, 0) is 11.2 Å². The fraction of sp³-hybridized carbons (Fsp3) is 0.235. The lowest BCUT2D eigenvalue weighted by Gasteiger charge is -2.16. The summed E-state index contributed by atoms with van der Waals surface area (Å²) in [5.74, 6) is -0.163. The molecule has 0 aliphatic carbocycles. The number of carbonyl (C=O) groups excluding carboxylic acids is 1. The molecule has 2 aromatic carbocycles. The Bertz CT molecular complexity index is 656. The van der Waals surface area contributed by atoms with E-state index in [4.69, 9.17) is 23.2 Å². The molecule has 0 saturated heterocycles. The molecule has 1 atom stereocenters. The number of hydrogen-bond donors (Lipinski definition) is 2. The number of aryl methyl sites for hydroxylation is 1. The van der Waals surface area contributed by atoms with Gasteiger partial charge in [-0.05, 0) is 49.2 Å². The first-order chi connectivity index (χ1) is 10.5. The Morgan fingerprint density at radius 2 is 1.82 bits per heavy atom. The van der Waals surface area contributed by atoms with Crippen molar-refractivity contribution in [3.05, 3.63) is 58.1 Å². The van der Waals surface area contributed by atoms with Gasteiger partial charge in [-0.1, -0.05) is 42.3 Å². The summed E-state index contributed by atoms with van der Waals surface area (Å²) in [6.07, 6.45) is 0.991. The fourth-order valence-electron chi connectivity index (χ4n) is 1.98. The molecule has 0 saturated carbocycles. The third kappa shape index (κ3) is 4.39. The largest absolute Gasteiger partial charge is 0.374 e. The van der Waals surface area contributed by atoms with Crippen molar-refractivity contribution in [1.29, 1.82) is 0 Å². The van der Waals surface area contributed by atoms with Gasteiger partial charge in [0.2, 0.25) is 5.91 Å². The molecule has 0 bridgehead atoms. The lowest BCUT2D eigenvalue weighted by Crippen LogP contribution is -2.31. The number of carbonyl (C=O) groups is 1. The minimum absolute atomic E-state index is 0.163. The molecule has 22 heavy (non-hydrogen) atoms. The highest BCUT2D eigenvalue weighted by Gasteiger charge is 2.14.